The van der Waals surface area contributed by atoms with Gasteiger partial charge in [0.2, 0.25) is 0 Å². The van der Waals surface area contributed by atoms with Crippen LogP contribution in [0.2, 0.25) is 0 Å². The minimum atomic E-state index is 0.297. The number of hydrogen-bond donors (Lipinski definition) is 2. The third-order valence-corrected chi connectivity index (χ3v) is 3.39. The summed E-state index contributed by atoms with van der Waals surface area (Å²) in [6.45, 7) is 9.60. The molecular formula is C15H28N4. The highest BCUT2D eigenvalue weighted by atomic mass is 15.0. The lowest BCUT2D eigenvalue weighted by molar-refractivity contribution is 0.472. The highest BCUT2D eigenvalue weighted by molar-refractivity contribution is 5.44. The van der Waals surface area contributed by atoms with Crippen molar-refractivity contribution in [1.82, 2.24) is 9.97 Å². The fourth-order valence-electron chi connectivity index (χ4n) is 2.03. The Morgan fingerprint density at radius 2 is 2.00 bits per heavy atom. The number of anilines is 2. The molecule has 19 heavy (non-hydrogen) atoms. The predicted octanol–water partition coefficient (Wildman–Crippen LogP) is 3.81. The highest BCUT2D eigenvalue weighted by Crippen LogP contribution is 2.17. The van der Waals surface area contributed by atoms with E-state index < -0.39 is 0 Å². The lowest BCUT2D eigenvalue weighted by Gasteiger charge is -2.16. The molecule has 0 spiro atoms. The van der Waals surface area contributed by atoms with Crippen molar-refractivity contribution in [3.05, 3.63) is 11.9 Å². The zero-order chi connectivity index (χ0) is 14.3. The maximum Gasteiger partial charge on any atom is 0.135 e. The van der Waals surface area contributed by atoms with Gasteiger partial charge in [-0.15, -0.1) is 0 Å². The van der Waals surface area contributed by atoms with Gasteiger partial charge in [0, 0.05) is 18.5 Å². The number of rotatable bonds is 8. The molecule has 108 valence electrons. The van der Waals surface area contributed by atoms with Gasteiger partial charge in [0.1, 0.15) is 17.5 Å². The Bertz CT molecular complexity index is 376. The van der Waals surface area contributed by atoms with Gasteiger partial charge in [-0.25, -0.2) is 9.97 Å². The van der Waals surface area contributed by atoms with Gasteiger partial charge in [-0.1, -0.05) is 47.0 Å². The van der Waals surface area contributed by atoms with Crippen molar-refractivity contribution in [3.8, 4) is 0 Å². The Kier molecular flexibility index (Phi) is 6.60. The second kappa shape index (κ2) is 7.97. The van der Waals surface area contributed by atoms with Crippen LogP contribution in [0, 0.1) is 5.92 Å². The average Bonchev–Trinajstić information content (AvgIpc) is 2.38. The Morgan fingerprint density at radius 1 is 1.26 bits per heavy atom. The summed E-state index contributed by atoms with van der Waals surface area (Å²) in [6, 6.07) is 1.82. The molecule has 0 amide bonds. The second-order valence-electron chi connectivity index (χ2n) is 5.49. The topological polar surface area (TPSA) is 63.8 Å². The quantitative estimate of drug-likeness (QED) is 0.749. The van der Waals surface area contributed by atoms with E-state index in [1.54, 1.807) is 0 Å². The Morgan fingerprint density at radius 3 is 2.58 bits per heavy atom. The highest BCUT2D eigenvalue weighted by Gasteiger charge is 2.09. The predicted molar refractivity (Wildman–Crippen MR) is 82.3 cm³/mol. The van der Waals surface area contributed by atoms with E-state index >= 15 is 0 Å². The van der Waals surface area contributed by atoms with Crippen molar-refractivity contribution in [2.75, 3.05) is 17.6 Å². The van der Waals surface area contributed by atoms with Gasteiger partial charge in [0.05, 0.1) is 0 Å². The molecule has 1 aromatic heterocycles. The summed E-state index contributed by atoms with van der Waals surface area (Å²) in [6.07, 6.45) is 5.03. The van der Waals surface area contributed by atoms with Crippen LogP contribution in [0.4, 0.5) is 11.6 Å². The summed E-state index contributed by atoms with van der Waals surface area (Å²) in [4.78, 5) is 8.77. The van der Waals surface area contributed by atoms with E-state index in [0.29, 0.717) is 17.7 Å². The summed E-state index contributed by atoms with van der Waals surface area (Å²) < 4.78 is 0. The standard InChI is InChI=1S/C15H28N4/c1-5-7-8-12(6-2)10-17-14-9-13(16)18-15(19-14)11(3)4/h9,11-12H,5-8,10H2,1-4H3,(H3,16,17,18,19). The van der Waals surface area contributed by atoms with Gasteiger partial charge in [0.15, 0.2) is 0 Å². The monoisotopic (exact) mass is 264 g/mol. The van der Waals surface area contributed by atoms with Gasteiger partial charge in [-0.05, 0) is 12.3 Å². The molecule has 0 bridgehead atoms. The van der Waals surface area contributed by atoms with Crippen LogP contribution in [0.25, 0.3) is 0 Å². The van der Waals surface area contributed by atoms with Gasteiger partial charge < -0.3 is 11.1 Å². The molecule has 0 aliphatic rings. The zero-order valence-corrected chi connectivity index (χ0v) is 12.7. The Labute approximate surface area is 117 Å². The van der Waals surface area contributed by atoms with Crippen LogP contribution in [0.5, 0.6) is 0 Å². The average molecular weight is 264 g/mol. The first kappa shape index (κ1) is 15.7. The van der Waals surface area contributed by atoms with E-state index in [0.717, 1.165) is 18.2 Å². The molecule has 0 saturated carbocycles. The van der Waals surface area contributed by atoms with E-state index in [-0.39, 0.29) is 0 Å². The van der Waals surface area contributed by atoms with Crippen LogP contribution in [0.15, 0.2) is 6.07 Å². The first-order chi connectivity index (χ1) is 9.06. The van der Waals surface area contributed by atoms with Crippen LogP contribution in [-0.4, -0.2) is 16.5 Å². The molecule has 1 heterocycles. The molecule has 1 aromatic rings. The Hall–Kier alpha value is -1.32. The van der Waals surface area contributed by atoms with E-state index in [2.05, 4.69) is 43.0 Å². The van der Waals surface area contributed by atoms with Crippen molar-refractivity contribution in [1.29, 1.82) is 0 Å². The minimum absolute atomic E-state index is 0.297. The molecule has 4 nitrogen and oxygen atoms in total. The second-order valence-corrected chi connectivity index (χ2v) is 5.49. The fraction of sp³-hybridized carbons (Fsp3) is 0.733. The fourth-order valence-corrected chi connectivity index (χ4v) is 2.03. The number of nitrogens with two attached hydrogens (primary N) is 1. The van der Waals surface area contributed by atoms with Gasteiger partial charge in [-0.3, -0.25) is 0 Å². The molecule has 3 N–H and O–H groups in total. The smallest absolute Gasteiger partial charge is 0.135 e. The van der Waals surface area contributed by atoms with Gasteiger partial charge in [0.25, 0.3) is 0 Å². The molecule has 4 heteroatoms. The molecule has 0 aliphatic carbocycles. The summed E-state index contributed by atoms with van der Waals surface area (Å²) in [5.41, 5.74) is 5.83. The van der Waals surface area contributed by atoms with Crippen LogP contribution >= 0.6 is 0 Å². The van der Waals surface area contributed by atoms with Crippen LogP contribution in [0.1, 0.15) is 65.1 Å². The van der Waals surface area contributed by atoms with E-state index in [1.165, 1.54) is 25.7 Å². The van der Waals surface area contributed by atoms with Crippen molar-refractivity contribution < 1.29 is 0 Å². The maximum atomic E-state index is 5.83. The summed E-state index contributed by atoms with van der Waals surface area (Å²) in [5.74, 6) is 3.21. The molecule has 0 aliphatic heterocycles. The third-order valence-electron chi connectivity index (χ3n) is 3.39. The zero-order valence-electron chi connectivity index (χ0n) is 12.7. The van der Waals surface area contributed by atoms with Crippen LogP contribution < -0.4 is 11.1 Å². The number of hydrogen-bond acceptors (Lipinski definition) is 4. The maximum absolute atomic E-state index is 5.83. The minimum Gasteiger partial charge on any atom is -0.384 e. The lowest BCUT2D eigenvalue weighted by Crippen LogP contribution is -2.15. The summed E-state index contributed by atoms with van der Waals surface area (Å²) >= 11 is 0. The summed E-state index contributed by atoms with van der Waals surface area (Å²) in [7, 11) is 0. The van der Waals surface area contributed by atoms with Crippen LogP contribution in [0.3, 0.4) is 0 Å². The number of nitrogens with zero attached hydrogens (tertiary/aromatic N) is 2. The molecule has 1 rings (SSSR count). The largest absolute Gasteiger partial charge is 0.384 e. The molecule has 0 aromatic carbocycles. The Balaban J connectivity index is 2.60. The molecular weight excluding hydrogens is 236 g/mol. The number of nitrogens with one attached hydrogen (secondary N) is 1. The van der Waals surface area contributed by atoms with Crippen molar-refractivity contribution in [2.24, 2.45) is 5.92 Å². The SMILES string of the molecule is CCCCC(CC)CNc1cc(N)nc(C(C)C)n1. The molecule has 0 radical (unpaired) electrons. The van der Waals surface area contributed by atoms with E-state index in [9.17, 15) is 0 Å². The number of aromatic nitrogens is 2. The van der Waals surface area contributed by atoms with Crippen molar-refractivity contribution in [3.63, 3.8) is 0 Å². The van der Waals surface area contributed by atoms with Crippen LogP contribution in [-0.2, 0) is 0 Å². The molecule has 0 saturated heterocycles. The number of unbranched alkanes of at least 4 members (excludes halogenated alkanes) is 1. The first-order valence-corrected chi connectivity index (χ1v) is 7.45. The first-order valence-electron chi connectivity index (χ1n) is 7.45. The third kappa shape index (κ3) is 5.45. The molecule has 0 fully saturated rings. The van der Waals surface area contributed by atoms with Crippen molar-refractivity contribution in [2.45, 2.75) is 59.3 Å². The van der Waals surface area contributed by atoms with Crippen molar-refractivity contribution >= 4 is 11.6 Å². The molecule has 1 atom stereocenters. The van der Waals surface area contributed by atoms with Gasteiger partial charge >= 0.3 is 0 Å². The van der Waals surface area contributed by atoms with E-state index in [4.69, 9.17) is 5.73 Å². The van der Waals surface area contributed by atoms with E-state index in [1.807, 2.05) is 6.07 Å². The van der Waals surface area contributed by atoms with Gasteiger partial charge in [-0.2, -0.15) is 0 Å². The normalized spacial score (nSPS) is 12.7. The molecule has 1 unspecified atom stereocenters. The number of nitrogen functional groups attached to an aromatic ring is 1. The lowest BCUT2D eigenvalue weighted by atomic mass is 9.99. The summed E-state index contributed by atoms with van der Waals surface area (Å²) in [5, 5.41) is 3.41.